The number of benzene rings is 1. The highest BCUT2D eigenvalue weighted by atomic mass is 35.5. The first-order chi connectivity index (χ1) is 9.10. The zero-order valence-corrected chi connectivity index (χ0v) is 11.9. The molecule has 19 heavy (non-hydrogen) atoms. The second-order valence-electron chi connectivity index (χ2n) is 3.97. The van der Waals surface area contributed by atoms with Crippen molar-refractivity contribution in [2.75, 3.05) is 6.61 Å². The summed E-state index contributed by atoms with van der Waals surface area (Å²) < 4.78 is 4.91. The smallest absolute Gasteiger partial charge is 0.341 e. The molecule has 4 heteroatoms. The van der Waals surface area contributed by atoms with Crippen molar-refractivity contribution in [1.82, 2.24) is 0 Å². The van der Waals surface area contributed by atoms with E-state index in [9.17, 15) is 9.59 Å². The molecular formula is C15H17ClO3. The van der Waals surface area contributed by atoms with Gasteiger partial charge in [-0.2, -0.15) is 0 Å². The van der Waals surface area contributed by atoms with E-state index in [2.05, 4.69) is 0 Å². The molecule has 0 atom stereocenters. The third-order valence-electron chi connectivity index (χ3n) is 2.48. The third kappa shape index (κ3) is 4.52. The minimum atomic E-state index is -0.596. The zero-order valence-electron chi connectivity index (χ0n) is 11.1. The molecule has 0 aliphatic heterocycles. The van der Waals surface area contributed by atoms with Crippen molar-refractivity contribution < 1.29 is 14.3 Å². The Morgan fingerprint density at radius 2 is 1.95 bits per heavy atom. The average Bonchev–Trinajstić information content (AvgIpc) is 2.38. The first-order valence-corrected chi connectivity index (χ1v) is 6.64. The molecule has 102 valence electrons. The van der Waals surface area contributed by atoms with Crippen LogP contribution in [0.1, 0.15) is 32.3 Å². The van der Waals surface area contributed by atoms with Crippen molar-refractivity contribution in [2.24, 2.45) is 0 Å². The molecule has 0 unspecified atom stereocenters. The van der Waals surface area contributed by atoms with E-state index >= 15 is 0 Å². The van der Waals surface area contributed by atoms with Crippen molar-refractivity contribution in [3.63, 3.8) is 0 Å². The summed E-state index contributed by atoms with van der Waals surface area (Å²) in [7, 11) is 0. The van der Waals surface area contributed by atoms with E-state index in [0.717, 1.165) is 0 Å². The summed E-state index contributed by atoms with van der Waals surface area (Å²) in [5.74, 6) is -0.818. The number of rotatable bonds is 6. The van der Waals surface area contributed by atoms with Crippen LogP contribution in [0.5, 0.6) is 0 Å². The van der Waals surface area contributed by atoms with Crippen molar-refractivity contribution >= 4 is 29.4 Å². The average molecular weight is 281 g/mol. The molecule has 0 saturated heterocycles. The van der Waals surface area contributed by atoms with Crippen LogP contribution < -0.4 is 0 Å². The molecule has 0 heterocycles. The Morgan fingerprint density at radius 1 is 1.26 bits per heavy atom. The normalized spacial score (nSPS) is 11.2. The van der Waals surface area contributed by atoms with Gasteiger partial charge in [0, 0.05) is 11.4 Å². The van der Waals surface area contributed by atoms with E-state index in [1.165, 1.54) is 6.08 Å². The highest BCUT2D eigenvalue weighted by Crippen LogP contribution is 2.19. The Balaban J connectivity index is 3.12. The molecule has 1 rings (SSSR count). The molecule has 0 aliphatic carbocycles. The fourth-order valence-electron chi connectivity index (χ4n) is 1.57. The maximum atomic E-state index is 12.0. The number of hydrogen-bond acceptors (Lipinski definition) is 3. The molecule has 0 radical (unpaired) electrons. The number of Topliss-reactive ketones (excluding diaryl/α,β-unsaturated/α-hetero) is 1. The van der Waals surface area contributed by atoms with E-state index < -0.39 is 5.97 Å². The van der Waals surface area contributed by atoms with Gasteiger partial charge in [0.25, 0.3) is 0 Å². The molecule has 0 saturated carbocycles. The second kappa shape index (κ2) is 7.74. The van der Waals surface area contributed by atoms with Crippen LogP contribution >= 0.6 is 11.6 Å². The predicted molar refractivity (Wildman–Crippen MR) is 76.0 cm³/mol. The molecule has 0 amide bonds. The molecule has 0 fully saturated rings. The van der Waals surface area contributed by atoms with Crippen LogP contribution in [-0.4, -0.2) is 18.4 Å². The number of ether oxygens (including phenoxy) is 1. The highest BCUT2D eigenvalue weighted by molar-refractivity contribution is 6.32. The summed E-state index contributed by atoms with van der Waals surface area (Å²) in [6, 6.07) is 7.05. The first-order valence-electron chi connectivity index (χ1n) is 6.26. The van der Waals surface area contributed by atoms with E-state index in [0.29, 0.717) is 23.4 Å². The van der Waals surface area contributed by atoms with Crippen LogP contribution in [-0.2, 0) is 14.3 Å². The Labute approximate surface area is 118 Å². The topological polar surface area (TPSA) is 43.4 Å². The van der Waals surface area contributed by atoms with Crippen LogP contribution in [0.15, 0.2) is 29.8 Å². The third-order valence-corrected chi connectivity index (χ3v) is 2.82. The monoisotopic (exact) mass is 280 g/mol. The van der Waals surface area contributed by atoms with Crippen LogP contribution in [0, 0.1) is 0 Å². The van der Waals surface area contributed by atoms with Crippen molar-refractivity contribution in [3.8, 4) is 0 Å². The van der Waals surface area contributed by atoms with Gasteiger partial charge in [0.2, 0.25) is 0 Å². The van der Waals surface area contributed by atoms with Crippen LogP contribution in [0.2, 0.25) is 5.02 Å². The lowest BCUT2D eigenvalue weighted by Gasteiger charge is -2.06. The molecule has 1 aromatic rings. The summed E-state index contributed by atoms with van der Waals surface area (Å²) >= 11 is 6.02. The fraction of sp³-hybridized carbons (Fsp3) is 0.333. The number of hydrogen-bond donors (Lipinski definition) is 0. The zero-order chi connectivity index (χ0) is 14.3. The van der Waals surface area contributed by atoms with Gasteiger partial charge in [-0.3, -0.25) is 4.79 Å². The molecular weight excluding hydrogens is 264 g/mol. The minimum Gasteiger partial charge on any atom is -0.462 e. The van der Waals surface area contributed by atoms with Gasteiger partial charge >= 0.3 is 5.97 Å². The lowest BCUT2D eigenvalue weighted by atomic mass is 10.0. The Kier molecular flexibility index (Phi) is 6.30. The minimum absolute atomic E-state index is 0.0526. The van der Waals surface area contributed by atoms with E-state index in [1.54, 1.807) is 31.2 Å². The number of halogens is 1. The summed E-state index contributed by atoms with van der Waals surface area (Å²) in [5, 5.41) is 0.494. The van der Waals surface area contributed by atoms with Crippen molar-refractivity contribution in [3.05, 3.63) is 40.4 Å². The van der Waals surface area contributed by atoms with Gasteiger partial charge in [0.15, 0.2) is 5.78 Å². The van der Waals surface area contributed by atoms with Crippen LogP contribution in [0.4, 0.5) is 0 Å². The second-order valence-corrected chi connectivity index (χ2v) is 4.38. The standard InChI is InChI=1S/C15H17ClO3/c1-3-7-14(17)12(15(18)19-4-2)10-11-8-5-6-9-13(11)16/h5-6,8-10H,3-4,7H2,1-2H3/b12-10+. The molecule has 0 bridgehead atoms. The van der Waals surface area contributed by atoms with Crippen molar-refractivity contribution in [1.29, 1.82) is 0 Å². The number of carbonyl (C=O) groups excluding carboxylic acids is 2. The van der Waals surface area contributed by atoms with Gasteiger partial charge in [-0.25, -0.2) is 4.79 Å². The van der Waals surface area contributed by atoms with Crippen LogP contribution in [0.3, 0.4) is 0 Å². The Hall–Kier alpha value is -1.61. The van der Waals surface area contributed by atoms with Crippen LogP contribution in [0.25, 0.3) is 6.08 Å². The predicted octanol–water partition coefficient (Wildman–Crippen LogP) is 3.66. The fourth-order valence-corrected chi connectivity index (χ4v) is 1.76. The van der Waals surface area contributed by atoms with Gasteiger partial charge < -0.3 is 4.74 Å². The quantitative estimate of drug-likeness (QED) is 0.346. The van der Waals surface area contributed by atoms with E-state index in [4.69, 9.17) is 16.3 Å². The maximum absolute atomic E-state index is 12.0. The van der Waals surface area contributed by atoms with Gasteiger partial charge in [-0.1, -0.05) is 36.7 Å². The molecule has 0 aliphatic rings. The molecule has 0 N–H and O–H groups in total. The van der Waals surface area contributed by atoms with Gasteiger partial charge in [0.1, 0.15) is 5.57 Å². The number of esters is 1. The number of carbonyl (C=O) groups is 2. The summed E-state index contributed by atoms with van der Waals surface area (Å²) in [6.45, 7) is 3.82. The Bertz CT molecular complexity index is 472. The molecule has 3 nitrogen and oxygen atoms in total. The summed E-state index contributed by atoms with van der Waals surface area (Å²) in [4.78, 5) is 23.8. The van der Waals surface area contributed by atoms with E-state index in [-0.39, 0.29) is 18.0 Å². The lowest BCUT2D eigenvalue weighted by Crippen LogP contribution is -2.15. The number of ketones is 1. The molecule has 0 spiro atoms. The van der Waals surface area contributed by atoms with E-state index in [1.807, 2.05) is 6.92 Å². The van der Waals surface area contributed by atoms with Crippen molar-refractivity contribution in [2.45, 2.75) is 26.7 Å². The first kappa shape index (κ1) is 15.4. The van der Waals surface area contributed by atoms with Gasteiger partial charge in [-0.15, -0.1) is 0 Å². The summed E-state index contributed by atoms with van der Waals surface area (Å²) in [6.07, 6.45) is 2.49. The summed E-state index contributed by atoms with van der Waals surface area (Å²) in [5.41, 5.74) is 0.688. The molecule has 0 aromatic heterocycles. The van der Waals surface area contributed by atoms with Gasteiger partial charge in [0.05, 0.1) is 6.61 Å². The SMILES string of the molecule is CCCC(=O)/C(=C\c1ccccc1Cl)C(=O)OCC. The lowest BCUT2D eigenvalue weighted by molar-refractivity contribution is -0.139. The van der Waals surface area contributed by atoms with Gasteiger partial charge in [-0.05, 0) is 31.1 Å². The maximum Gasteiger partial charge on any atom is 0.341 e. The highest BCUT2D eigenvalue weighted by Gasteiger charge is 2.19. The largest absolute Gasteiger partial charge is 0.462 e. The molecule has 1 aromatic carbocycles. The Morgan fingerprint density at radius 3 is 2.53 bits per heavy atom.